The molecule has 1 amide bonds. The number of hydrogen-bond acceptors (Lipinski definition) is 4. The standard InChI is InChI=1S/C18H18BrN3O2/c19-16-11-13(3-8-17(16)23)12-20-21-18(24)14-4-6-15(7-5-14)22-9-1-2-10-22/h3-8,11-12,23H,1-2,9-10H2,(H,21,24)/b20-12+. The summed E-state index contributed by atoms with van der Waals surface area (Å²) in [5.41, 5.74) is 5.00. The number of rotatable bonds is 4. The maximum Gasteiger partial charge on any atom is 0.271 e. The van der Waals surface area contributed by atoms with Crippen LogP contribution in [-0.2, 0) is 0 Å². The highest BCUT2D eigenvalue weighted by Gasteiger charge is 2.12. The van der Waals surface area contributed by atoms with Crippen molar-refractivity contribution in [2.24, 2.45) is 5.10 Å². The highest BCUT2D eigenvalue weighted by Crippen LogP contribution is 2.23. The third-order valence-electron chi connectivity index (χ3n) is 3.95. The van der Waals surface area contributed by atoms with Gasteiger partial charge in [-0.15, -0.1) is 0 Å². The fourth-order valence-corrected chi connectivity index (χ4v) is 3.03. The molecule has 0 bridgehead atoms. The Labute approximate surface area is 149 Å². The molecule has 0 aliphatic carbocycles. The first-order valence-corrected chi connectivity index (χ1v) is 8.60. The van der Waals surface area contributed by atoms with Crippen LogP contribution in [0.3, 0.4) is 0 Å². The summed E-state index contributed by atoms with van der Waals surface area (Å²) in [4.78, 5) is 14.4. The van der Waals surface area contributed by atoms with Crippen molar-refractivity contribution < 1.29 is 9.90 Å². The SMILES string of the molecule is O=C(N/N=C/c1ccc(O)c(Br)c1)c1ccc(N2CCCC2)cc1. The third kappa shape index (κ3) is 3.94. The molecule has 0 spiro atoms. The number of anilines is 1. The van der Waals surface area contributed by atoms with Crippen LogP contribution < -0.4 is 10.3 Å². The number of nitrogens with zero attached hydrogens (tertiary/aromatic N) is 2. The lowest BCUT2D eigenvalue weighted by atomic mass is 10.2. The van der Waals surface area contributed by atoms with Gasteiger partial charge in [0.15, 0.2) is 0 Å². The van der Waals surface area contributed by atoms with Crippen molar-refractivity contribution in [3.05, 3.63) is 58.1 Å². The maximum atomic E-state index is 12.1. The highest BCUT2D eigenvalue weighted by atomic mass is 79.9. The molecule has 2 N–H and O–H groups in total. The van der Waals surface area contributed by atoms with Crippen LogP contribution in [0.1, 0.15) is 28.8 Å². The predicted molar refractivity (Wildman–Crippen MR) is 98.8 cm³/mol. The Hall–Kier alpha value is -2.34. The number of halogens is 1. The molecule has 1 heterocycles. The molecule has 1 fully saturated rings. The van der Waals surface area contributed by atoms with Crippen LogP contribution in [-0.4, -0.2) is 30.3 Å². The van der Waals surface area contributed by atoms with Crippen molar-refractivity contribution in [3.8, 4) is 5.75 Å². The monoisotopic (exact) mass is 387 g/mol. The molecule has 1 aliphatic rings. The zero-order valence-electron chi connectivity index (χ0n) is 13.1. The van der Waals surface area contributed by atoms with Gasteiger partial charge in [-0.2, -0.15) is 5.10 Å². The summed E-state index contributed by atoms with van der Waals surface area (Å²) in [5.74, 6) is -0.0913. The van der Waals surface area contributed by atoms with Gasteiger partial charge in [0.25, 0.3) is 5.91 Å². The number of phenols is 1. The van der Waals surface area contributed by atoms with Crippen LogP contribution >= 0.6 is 15.9 Å². The fourth-order valence-electron chi connectivity index (χ4n) is 2.63. The van der Waals surface area contributed by atoms with Gasteiger partial charge in [0.2, 0.25) is 0 Å². The van der Waals surface area contributed by atoms with Gasteiger partial charge >= 0.3 is 0 Å². The summed E-state index contributed by atoms with van der Waals surface area (Å²) in [5, 5.41) is 13.4. The van der Waals surface area contributed by atoms with E-state index in [9.17, 15) is 9.90 Å². The van der Waals surface area contributed by atoms with Gasteiger partial charge in [-0.1, -0.05) is 0 Å². The van der Waals surface area contributed by atoms with Gasteiger partial charge in [0, 0.05) is 24.3 Å². The Kier molecular flexibility index (Phi) is 5.15. The molecule has 3 rings (SSSR count). The van der Waals surface area contributed by atoms with Crippen molar-refractivity contribution in [2.45, 2.75) is 12.8 Å². The van der Waals surface area contributed by atoms with Crippen LogP contribution in [0.25, 0.3) is 0 Å². The van der Waals surface area contributed by atoms with E-state index in [0.717, 1.165) is 24.3 Å². The number of aromatic hydroxyl groups is 1. The molecule has 1 aliphatic heterocycles. The molecule has 5 nitrogen and oxygen atoms in total. The van der Waals surface area contributed by atoms with E-state index in [4.69, 9.17) is 0 Å². The maximum absolute atomic E-state index is 12.1. The normalized spacial score (nSPS) is 14.3. The minimum absolute atomic E-state index is 0.161. The highest BCUT2D eigenvalue weighted by molar-refractivity contribution is 9.10. The molecule has 2 aromatic carbocycles. The minimum Gasteiger partial charge on any atom is -0.507 e. The number of nitrogens with one attached hydrogen (secondary N) is 1. The average molecular weight is 388 g/mol. The second kappa shape index (κ2) is 7.49. The zero-order chi connectivity index (χ0) is 16.9. The molecule has 124 valence electrons. The average Bonchev–Trinajstić information content (AvgIpc) is 3.13. The molecule has 0 atom stereocenters. The van der Waals surface area contributed by atoms with E-state index in [-0.39, 0.29) is 11.7 Å². The van der Waals surface area contributed by atoms with Gasteiger partial charge in [-0.25, -0.2) is 5.43 Å². The van der Waals surface area contributed by atoms with Gasteiger partial charge in [0.05, 0.1) is 10.7 Å². The molecule has 6 heteroatoms. The molecule has 24 heavy (non-hydrogen) atoms. The van der Waals surface area contributed by atoms with E-state index in [1.165, 1.54) is 19.1 Å². The summed E-state index contributed by atoms with van der Waals surface area (Å²) in [6, 6.07) is 12.6. The molecule has 0 radical (unpaired) electrons. The Morgan fingerprint density at radius 3 is 2.54 bits per heavy atom. The quantitative estimate of drug-likeness (QED) is 0.622. The van der Waals surface area contributed by atoms with E-state index >= 15 is 0 Å². The summed E-state index contributed by atoms with van der Waals surface area (Å²) >= 11 is 3.24. The summed E-state index contributed by atoms with van der Waals surface area (Å²) < 4.78 is 0.579. The van der Waals surface area contributed by atoms with Crippen molar-refractivity contribution in [1.82, 2.24) is 5.43 Å². The lowest BCUT2D eigenvalue weighted by Gasteiger charge is -2.17. The van der Waals surface area contributed by atoms with Gasteiger partial charge < -0.3 is 10.0 Å². The number of hydrazone groups is 1. The van der Waals surface area contributed by atoms with Gasteiger partial charge in [0.1, 0.15) is 5.75 Å². The Balaban J connectivity index is 1.60. The molecule has 0 aromatic heterocycles. The van der Waals surface area contributed by atoms with E-state index in [1.54, 1.807) is 18.2 Å². The zero-order valence-corrected chi connectivity index (χ0v) is 14.7. The Morgan fingerprint density at radius 2 is 1.88 bits per heavy atom. The molecular formula is C18H18BrN3O2. The van der Waals surface area contributed by atoms with E-state index in [2.05, 4.69) is 31.4 Å². The largest absolute Gasteiger partial charge is 0.507 e. The number of benzene rings is 2. The second-order valence-corrected chi connectivity index (χ2v) is 6.51. The smallest absolute Gasteiger partial charge is 0.271 e. The van der Waals surface area contributed by atoms with Crippen molar-refractivity contribution in [3.63, 3.8) is 0 Å². The first kappa shape index (κ1) is 16.5. The third-order valence-corrected chi connectivity index (χ3v) is 4.59. The summed E-state index contributed by atoms with van der Waals surface area (Å²) in [6.45, 7) is 2.16. The van der Waals surface area contributed by atoms with Crippen LogP contribution in [0, 0.1) is 0 Å². The van der Waals surface area contributed by atoms with E-state index in [1.807, 2.05) is 24.3 Å². The van der Waals surface area contributed by atoms with Crippen LogP contribution in [0.2, 0.25) is 0 Å². The van der Waals surface area contributed by atoms with Crippen LogP contribution in [0.4, 0.5) is 5.69 Å². The molecular weight excluding hydrogens is 370 g/mol. The lowest BCUT2D eigenvalue weighted by molar-refractivity contribution is 0.0955. The van der Waals surface area contributed by atoms with Crippen LogP contribution in [0.15, 0.2) is 52.0 Å². The van der Waals surface area contributed by atoms with Crippen molar-refractivity contribution >= 4 is 33.7 Å². The molecule has 0 saturated carbocycles. The molecule has 1 saturated heterocycles. The number of carbonyl (C=O) groups is 1. The number of phenolic OH excluding ortho intramolecular Hbond substituents is 1. The van der Waals surface area contributed by atoms with Gasteiger partial charge in [-0.05, 0) is 76.8 Å². The topological polar surface area (TPSA) is 64.9 Å². The number of hydrogen-bond donors (Lipinski definition) is 2. The van der Waals surface area contributed by atoms with E-state index in [0.29, 0.717) is 10.0 Å². The predicted octanol–water partition coefficient (Wildman–Crippen LogP) is 3.52. The molecule has 2 aromatic rings. The fraction of sp³-hybridized carbons (Fsp3) is 0.222. The second-order valence-electron chi connectivity index (χ2n) is 5.65. The van der Waals surface area contributed by atoms with E-state index < -0.39 is 0 Å². The first-order valence-electron chi connectivity index (χ1n) is 7.80. The number of carbonyl (C=O) groups excluding carboxylic acids is 1. The molecule has 0 unspecified atom stereocenters. The van der Waals surface area contributed by atoms with Crippen molar-refractivity contribution in [1.29, 1.82) is 0 Å². The number of amides is 1. The summed E-state index contributed by atoms with van der Waals surface area (Å²) in [6.07, 6.45) is 3.98. The van der Waals surface area contributed by atoms with Crippen LogP contribution in [0.5, 0.6) is 5.75 Å². The Bertz CT molecular complexity index is 753. The first-order chi connectivity index (χ1) is 11.6. The summed E-state index contributed by atoms with van der Waals surface area (Å²) in [7, 11) is 0. The lowest BCUT2D eigenvalue weighted by Crippen LogP contribution is -2.19. The minimum atomic E-state index is -0.253. The Morgan fingerprint density at radius 1 is 1.17 bits per heavy atom. The van der Waals surface area contributed by atoms with Gasteiger partial charge in [-0.3, -0.25) is 4.79 Å². The van der Waals surface area contributed by atoms with Crippen molar-refractivity contribution in [2.75, 3.05) is 18.0 Å².